The number of aliphatic carboxylic acids is 1. The first-order valence-corrected chi connectivity index (χ1v) is 10.7. The number of carbonyl (C=O) groups excluding carboxylic acids is 1. The van der Waals surface area contributed by atoms with Gasteiger partial charge in [0.25, 0.3) is 5.91 Å². The van der Waals surface area contributed by atoms with Crippen LogP contribution in [0.2, 0.25) is 6.32 Å². The fourth-order valence-electron chi connectivity index (χ4n) is 3.77. The molecule has 1 heterocycles. The standard InChI is InChI=1S/C21H31BN4O5/c23-16-17-4-6-18(7-5-17)19(27)26-14-12-25(13-15-26)11-3-9-21(24,20(28)29)8-1-2-10-22(30)31/h4-7,30-31H,1-3,8-15,24H2,(H,28,29). The molecule has 1 atom stereocenters. The molecule has 0 spiro atoms. The second-order valence-corrected chi connectivity index (χ2v) is 8.11. The number of nitrogens with two attached hydrogens (primary N) is 1. The number of nitrogens with zero attached hydrogens (tertiary/aromatic N) is 3. The molecule has 1 unspecified atom stereocenters. The van der Waals surface area contributed by atoms with Gasteiger partial charge < -0.3 is 25.8 Å². The van der Waals surface area contributed by atoms with Crippen molar-refractivity contribution in [1.82, 2.24) is 9.80 Å². The summed E-state index contributed by atoms with van der Waals surface area (Å²) >= 11 is 0. The molecular weight excluding hydrogens is 399 g/mol. The summed E-state index contributed by atoms with van der Waals surface area (Å²) in [6.07, 6.45) is 2.52. The Morgan fingerprint density at radius 1 is 1.06 bits per heavy atom. The van der Waals surface area contributed by atoms with Crippen molar-refractivity contribution in [2.45, 2.75) is 44.0 Å². The van der Waals surface area contributed by atoms with Crippen LogP contribution in [0.15, 0.2) is 24.3 Å². The van der Waals surface area contributed by atoms with Crippen LogP contribution in [0, 0.1) is 11.3 Å². The summed E-state index contributed by atoms with van der Waals surface area (Å²) in [4.78, 5) is 28.2. The first-order chi connectivity index (χ1) is 14.7. The van der Waals surface area contributed by atoms with Gasteiger partial charge in [0.1, 0.15) is 5.54 Å². The number of carboxylic acids is 1. The van der Waals surface area contributed by atoms with Crippen LogP contribution < -0.4 is 5.73 Å². The van der Waals surface area contributed by atoms with E-state index in [2.05, 4.69) is 4.90 Å². The Kier molecular flexibility index (Phi) is 9.46. The first-order valence-electron chi connectivity index (χ1n) is 10.7. The summed E-state index contributed by atoms with van der Waals surface area (Å²) in [5.41, 5.74) is 5.88. The predicted molar refractivity (Wildman–Crippen MR) is 116 cm³/mol. The van der Waals surface area contributed by atoms with Crippen molar-refractivity contribution in [2.24, 2.45) is 5.73 Å². The zero-order valence-corrected chi connectivity index (χ0v) is 17.7. The maximum atomic E-state index is 12.6. The van der Waals surface area contributed by atoms with Gasteiger partial charge in [-0.2, -0.15) is 5.26 Å². The Balaban J connectivity index is 1.74. The molecule has 1 amide bonds. The van der Waals surface area contributed by atoms with Gasteiger partial charge in [-0.3, -0.25) is 14.5 Å². The molecule has 10 heteroatoms. The van der Waals surface area contributed by atoms with Crippen LogP contribution in [-0.4, -0.2) is 82.2 Å². The van der Waals surface area contributed by atoms with Gasteiger partial charge in [-0.05, 0) is 56.4 Å². The van der Waals surface area contributed by atoms with Crippen LogP contribution in [0.4, 0.5) is 0 Å². The van der Waals surface area contributed by atoms with E-state index in [-0.39, 0.29) is 12.2 Å². The lowest BCUT2D eigenvalue weighted by molar-refractivity contribution is -0.144. The van der Waals surface area contributed by atoms with E-state index in [1.807, 2.05) is 6.07 Å². The Labute approximate surface area is 183 Å². The van der Waals surface area contributed by atoms with Crippen molar-refractivity contribution < 1.29 is 24.7 Å². The van der Waals surface area contributed by atoms with E-state index in [9.17, 15) is 14.7 Å². The molecule has 0 aromatic heterocycles. The van der Waals surface area contributed by atoms with Gasteiger partial charge in [-0.1, -0.05) is 12.8 Å². The van der Waals surface area contributed by atoms with Crippen LogP contribution >= 0.6 is 0 Å². The number of rotatable bonds is 11. The predicted octanol–water partition coefficient (Wildman–Crippen LogP) is 0.521. The fourth-order valence-corrected chi connectivity index (χ4v) is 3.77. The lowest BCUT2D eigenvalue weighted by Crippen LogP contribution is -2.50. The van der Waals surface area contributed by atoms with Crippen molar-refractivity contribution in [3.8, 4) is 6.07 Å². The molecule has 1 aromatic rings. The lowest BCUT2D eigenvalue weighted by Gasteiger charge is -2.35. The highest BCUT2D eigenvalue weighted by Crippen LogP contribution is 2.20. The van der Waals surface area contributed by atoms with Gasteiger partial charge in [0, 0.05) is 31.7 Å². The number of piperazine rings is 1. The molecule has 1 fully saturated rings. The monoisotopic (exact) mass is 430 g/mol. The van der Waals surface area contributed by atoms with E-state index < -0.39 is 18.6 Å². The number of unbranched alkanes of at least 4 members (excludes halogenated alkanes) is 1. The molecule has 2 rings (SSSR count). The molecule has 31 heavy (non-hydrogen) atoms. The van der Waals surface area contributed by atoms with Crippen LogP contribution in [0.3, 0.4) is 0 Å². The molecule has 1 saturated heterocycles. The minimum absolute atomic E-state index is 0.0519. The third kappa shape index (κ3) is 7.63. The number of carbonyl (C=O) groups is 2. The van der Waals surface area contributed by atoms with Gasteiger partial charge in [0.05, 0.1) is 11.6 Å². The quantitative estimate of drug-likeness (QED) is 0.293. The average molecular weight is 430 g/mol. The van der Waals surface area contributed by atoms with E-state index >= 15 is 0 Å². The van der Waals surface area contributed by atoms with Gasteiger partial charge >= 0.3 is 13.1 Å². The summed E-state index contributed by atoms with van der Waals surface area (Å²) < 4.78 is 0. The number of amides is 1. The van der Waals surface area contributed by atoms with E-state index in [0.29, 0.717) is 76.0 Å². The number of hydrogen-bond donors (Lipinski definition) is 4. The zero-order valence-electron chi connectivity index (χ0n) is 17.7. The first kappa shape index (κ1) is 24.8. The number of benzene rings is 1. The second kappa shape index (κ2) is 11.8. The van der Waals surface area contributed by atoms with Gasteiger partial charge in [0.15, 0.2) is 0 Å². The summed E-state index contributed by atoms with van der Waals surface area (Å²) in [5.74, 6) is -1.08. The summed E-state index contributed by atoms with van der Waals surface area (Å²) in [6, 6.07) is 8.64. The van der Waals surface area contributed by atoms with Gasteiger partial charge in [0.2, 0.25) is 0 Å². The highest BCUT2D eigenvalue weighted by molar-refractivity contribution is 6.40. The van der Waals surface area contributed by atoms with Gasteiger partial charge in [-0.25, -0.2) is 0 Å². The number of nitriles is 1. The van der Waals surface area contributed by atoms with Crippen molar-refractivity contribution in [3.63, 3.8) is 0 Å². The SMILES string of the molecule is N#Cc1ccc(C(=O)N2CCN(CCCC(N)(CCCCB(O)O)C(=O)O)CC2)cc1. The number of carboxylic acid groups (broad SMARTS) is 1. The third-order valence-electron chi connectivity index (χ3n) is 5.78. The minimum atomic E-state index is -1.38. The highest BCUT2D eigenvalue weighted by Gasteiger charge is 2.33. The molecule has 5 N–H and O–H groups in total. The normalized spacial score (nSPS) is 16.4. The van der Waals surface area contributed by atoms with Crippen molar-refractivity contribution >= 4 is 19.0 Å². The van der Waals surface area contributed by atoms with Gasteiger partial charge in [-0.15, -0.1) is 0 Å². The molecule has 0 bridgehead atoms. The molecule has 1 aliphatic rings. The maximum absolute atomic E-state index is 12.6. The Morgan fingerprint density at radius 3 is 2.23 bits per heavy atom. The Bertz CT molecular complexity index is 775. The van der Waals surface area contributed by atoms with Crippen LogP contribution in [0.5, 0.6) is 0 Å². The topological polar surface area (TPSA) is 151 Å². The summed E-state index contributed by atoms with van der Waals surface area (Å²) in [6.45, 7) is 3.31. The second-order valence-electron chi connectivity index (χ2n) is 8.11. The van der Waals surface area contributed by atoms with Crippen LogP contribution in [0.25, 0.3) is 0 Å². The molecule has 168 valence electrons. The molecule has 0 aliphatic carbocycles. The Morgan fingerprint density at radius 2 is 1.68 bits per heavy atom. The highest BCUT2D eigenvalue weighted by atomic mass is 16.4. The fraction of sp³-hybridized carbons (Fsp3) is 0.571. The summed E-state index contributed by atoms with van der Waals surface area (Å²) in [7, 11) is -1.38. The minimum Gasteiger partial charge on any atom is -0.480 e. The van der Waals surface area contributed by atoms with Crippen molar-refractivity contribution in [3.05, 3.63) is 35.4 Å². The molecule has 0 saturated carbocycles. The smallest absolute Gasteiger partial charge is 0.451 e. The van der Waals surface area contributed by atoms with E-state index in [0.717, 1.165) is 0 Å². The molecule has 1 aromatic carbocycles. The molecule has 0 radical (unpaired) electrons. The zero-order chi connectivity index (χ0) is 22.9. The molecule has 9 nitrogen and oxygen atoms in total. The lowest BCUT2D eigenvalue weighted by atomic mass is 9.81. The Hall–Kier alpha value is -2.45. The van der Waals surface area contributed by atoms with E-state index in [1.165, 1.54) is 0 Å². The van der Waals surface area contributed by atoms with Crippen LogP contribution in [0.1, 0.15) is 48.0 Å². The largest absolute Gasteiger partial charge is 0.480 e. The summed E-state index contributed by atoms with van der Waals surface area (Å²) in [5, 5.41) is 36.1. The molecule has 1 aliphatic heterocycles. The molecular formula is C21H31BN4O5. The van der Waals surface area contributed by atoms with E-state index in [1.54, 1.807) is 29.2 Å². The average Bonchev–Trinajstić information content (AvgIpc) is 2.76. The third-order valence-corrected chi connectivity index (χ3v) is 5.78. The maximum Gasteiger partial charge on any atom is 0.451 e. The van der Waals surface area contributed by atoms with Crippen LogP contribution in [-0.2, 0) is 4.79 Å². The van der Waals surface area contributed by atoms with Crippen molar-refractivity contribution in [1.29, 1.82) is 5.26 Å². The van der Waals surface area contributed by atoms with Crippen molar-refractivity contribution in [2.75, 3.05) is 32.7 Å². The number of hydrogen-bond acceptors (Lipinski definition) is 7. The van der Waals surface area contributed by atoms with E-state index in [4.69, 9.17) is 21.0 Å².